The molecule has 0 spiro atoms. The number of aliphatic hydroxyl groups excluding tert-OH is 2. The fourth-order valence-electron chi connectivity index (χ4n) is 1.88. The van der Waals surface area contributed by atoms with Crippen LogP contribution in [0.5, 0.6) is 11.5 Å². The maximum atomic E-state index is 10.3. The van der Waals surface area contributed by atoms with Crippen molar-refractivity contribution in [3.63, 3.8) is 0 Å². The largest absolute Gasteiger partial charge is 0.497 e. The number of hydrogen-bond acceptors (Lipinski definition) is 6. The minimum absolute atomic E-state index is 0.182. The van der Waals surface area contributed by atoms with E-state index in [1.807, 2.05) is 0 Å². The summed E-state index contributed by atoms with van der Waals surface area (Å²) >= 11 is 0. The second-order valence-corrected chi connectivity index (χ2v) is 4.21. The van der Waals surface area contributed by atoms with Crippen molar-refractivity contribution in [2.75, 3.05) is 14.2 Å². The van der Waals surface area contributed by atoms with Crippen LogP contribution in [0.1, 0.15) is 17.4 Å². The number of benzene rings is 1. The van der Waals surface area contributed by atoms with Gasteiger partial charge in [-0.3, -0.25) is 0 Å². The molecule has 2 aromatic rings. The van der Waals surface area contributed by atoms with E-state index in [0.29, 0.717) is 22.8 Å². The van der Waals surface area contributed by atoms with Gasteiger partial charge in [0.1, 0.15) is 23.3 Å². The average molecular weight is 279 g/mol. The lowest BCUT2D eigenvalue weighted by Crippen LogP contribution is -2.10. The van der Waals surface area contributed by atoms with Crippen LogP contribution in [-0.2, 0) is 13.2 Å². The van der Waals surface area contributed by atoms with Crippen molar-refractivity contribution >= 4 is 0 Å². The van der Waals surface area contributed by atoms with Crippen LogP contribution in [0.4, 0.5) is 0 Å². The van der Waals surface area contributed by atoms with E-state index in [9.17, 15) is 5.11 Å². The van der Waals surface area contributed by atoms with E-state index in [2.05, 4.69) is 10.3 Å². The molecule has 7 heteroatoms. The molecule has 0 aliphatic heterocycles. The summed E-state index contributed by atoms with van der Waals surface area (Å²) < 4.78 is 11.8. The molecular formula is C13H17N3O4. The molecule has 7 nitrogen and oxygen atoms in total. The lowest BCUT2D eigenvalue weighted by atomic mass is 10.1. The number of methoxy groups -OCH3 is 2. The van der Waals surface area contributed by atoms with Crippen molar-refractivity contribution in [2.24, 2.45) is 0 Å². The van der Waals surface area contributed by atoms with Crippen LogP contribution >= 0.6 is 0 Å². The third kappa shape index (κ3) is 3.06. The van der Waals surface area contributed by atoms with Crippen molar-refractivity contribution in [2.45, 2.75) is 19.3 Å². The van der Waals surface area contributed by atoms with Crippen molar-refractivity contribution in [1.82, 2.24) is 15.0 Å². The van der Waals surface area contributed by atoms with Gasteiger partial charge in [-0.15, -0.1) is 5.10 Å². The SMILES string of the molecule is COc1ccc(OC)c([C@H](O)Cn2cc(CO)nn2)c1. The first-order chi connectivity index (χ1) is 9.67. The Balaban J connectivity index is 2.20. The summed E-state index contributed by atoms with van der Waals surface area (Å²) in [5.41, 5.74) is 1.06. The van der Waals surface area contributed by atoms with Gasteiger partial charge in [-0.1, -0.05) is 5.21 Å². The molecule has 2 N–H and O–H groups in total. The average Bonchev–Trinajstić information content (AvgIpc) is 2.94. The van der Waals surface area contributed by atoms with Crippen molar-refractivity contribution in [3.8, 4) is 11.5 Å². The first-order valence-electron chi connectivity index (χ1n) is 6.07. The van der Waals surface area contributed by atoms with Gasteiger partial charge in [-0.2, -0.15) is 0 Å². The van der Waals surface area contributed by atoms with Gasteiger partial charge < -0.3 is 19.7 Å². The molecule has 108 valence electrons. The van der Waals surface area contributed by atoms with Crippen LogP contribution in [-0.4, -0.2) is 39.4 Å². The number of aliphatic hydroxyl groups is 2. The number of hydrogen-bond donors (Lipinski definition) is 2. The Bertz CT molecular complexity index is 570. The zero-order valence-electron chi connectivity index (χ0n) is 11.4. The molecule has 0 saturated carbocycles. The molecule has 20 heavy (non-hydrogen) atoms. The van der Waals surface area contributed by atoms with Crippen molar-refractivity contribution in [1.29, 1.82) is 0 Å². The molecule has 0 radical (unpaired) electrons. The third-order valence-corrected chi connectivity index (χ3v) is 2.90. The minimum Gasteiger partial charge on any atom is -0.497 e. The summed E-state index contributed by atoms with van der Waals surface area (Å²) in [6.45, 7) is 0.0229. The molecule has 0 aliphatic rings. The lowest BCUT2D eigenvalue weighted by Gasteiger charge is -2.15. The van der Waals surface area contributed by atoms with Crippen molar-refractivity contribution < 1.29 is 19.7 Å². The van der Waals surface area contributed by atoms with Gasteiger partial charge in [0, 0.05) is 5.56 Å². The molecule has 1 aromatic carbocycles. The van der Waals surface area contributed by atoms with Crippen LogP contribution in [0.25, 0.3) is 0 Å². The highest BCUT2D eigenvalue weighted by Crippen LogP contribution is 2.30. The van der Waals surface area contributed by atoms with Gasteiger partial charge in [0.15, 0.2) is 0 Å². The van der Waals surface area contributed by atoms with Gasteiger partial charge in [0.2, 0.25) is 0 Å². The molecule has 0 amide bonds. The molecular weight excluding hydrogens is 262 g/mol. The first kappa shape index (κ1) is 14.3. The molecule has 1 aromatic heterocycles. The Morgan fingerprint density at radius 2 is 2.10 bits per heavy atom. The first-order valence-corrected chi connectivity index (χ1v) is 6.07. The molecule has 0 unspecified atom stereocenters. The minimum atomic E-state index is -0.826. The maximum absolute atomic E-state index is 10.3. The van der Waals surface area contributed by atoms with E-state index in [0.717, 1.165) is 0 Å². The molecule has 0 fully saturated rings. The number of aromatic nitrogens is 3. The summed E-state index contributed by atoms with van der Waals surface area (Å²) in [5, 5.41) is 26.8. The smallest absolute Gasteiger partial charge is 0.125 e. The van der Waals surface area contributed by atoms with E-state index in [4.69, 9.17) is 14.6 Å². The second kappa shape index (κ2) is 6.36. The summed E-state index contributed by atoms with van der Waals surface area (Å²) in [5.74, 6) is 1.20. The highest BCUT2D eigenvalue weighted by atomic mass is 16.5. The lowest BCUT2D eigenvalue weighted by molar-refractivity contribution is 0.146. The zero-order chi connectivity index (χ0) is 14.5. The second-order valence-electron chi connectivity index (χ2n) is 4.21. The van der Waals surface area contributed by atoms with Crippen molar-refractivity contribution in [3.05, 3.63) is 35.7 Å². The van der Waals surface area contributed by atoms with E-state index >= 15 is 0 Å². The Morgan fingerprint density at radius 3 is 2.70 bits per heavy atom. The summed E-state index contributed by atoms with van der Waals surface area (Å²) in [7, 11) is 3.10. The van der Waals surface area contributed by atoms with Gasteiger partial charge in [0.05, 0.1) is 33.6 Å². The fourth-order valence-corrected chi connectivity index (χ4v) is 1.88. The molecule has 2 rings (SSSR count). The Hall–Kier alpha value is -2.12. The van der Waals surface area contributed by atoms with Gasteiger partial charge in [-0.05, 0) is 18.2 Å². The summed E-state index contributed by atoms with van der Waals surface area (Å²) in [4.78, 5) is 0. The zero-order valence-corrected chi connectivity index (χ0v) is 11.4. The van der Waals surface area contributed by atoms with Gasteiger partial charge >= 0.3 is 0 Å². The third-order valence-electron chi connectivity index (χ3n) is 2.90. The quantitative estimate of drug-likeness (QED) is 0.801. The Labute approximate surface area is 116 Å². The van der Waals surface area contributed by atoms with Crippen LogP contribution in [0.3, 0.4) is 0 Å². The number of nitrogens with zero attached hydrogens (tertiary/aromatic N) is 3. The molecule has 0 saturated heterocycles. The van der Waals surface area contributed by atoms with E-state index in [1.54, 1.807) is 31.5 Å². The highest BCUT2D eigenvalue weighted by Gasteiger charge is 2.16. The molecule has 1 atom stereocenters. The van der Waals surface area contributed by atoms with Crippen LogP contribution in [0, 0.1) is 0 Å². The fraction of sp³-hybridized carbons (Fsp3) is 0.385. The topological polar surface area (TPSA) is 89.6 Å². The molecule has 0 aliphatic carbocycles. The Kier molecular flexibility index (Phi) is 4.54. The van der Waals surface area contributed by atoms with Gasteiger partial charge in [0.25, 0.3) is 0 Å². The Morgan fingerprint density at radius 1 is 1.30 bits per heavy atom. The maximum Gasteiger partial charge on any atom is 0.125 e. The van der Waals surface area contributed by atoms with E-state index < -0.39 is 6.10 Å². The van der Waals surface area contributed by atoms with Gasteiger partial charge in [-0.25, -0.2) is 4.68 Å². The molecule has 0 bridgehead atoms. The van der Waals surface area contributed by atoms with E-state index in [-0.39, 0.29) is 13.2 Å². The number of rotatable bonds is 6. The predicted molar refractivity (Wildman–Crippen MR) is 70.5 cm³/mol. The summed E-state index contributed by atoms with van der Waals surface area (Å²) in [6.07, 6.45) is 0.754. The number of ether oxygens (including phenoxy) is 2. The van der Waals surface area contributed by atoms with E-state index in [1.165, 1.54) is 11.8 Å². The monoisotopic (exact) mass is 279 g/mol. The predicted octanol–water partition coefficient (Wildman–Crippen LogP) is 0.521. The standard InChI is InChI=1S/C13H17N3O4/c1-19-10-3-4-13(20-2)11(5-10)12(18)7-16-6-9(8-17)14-15-16/h3-6,12,17-18H,7-8H2,1-2H3/t12-/m1/s1. The van der Waals surface area contributed by atoms with Crippen LogP contribution in [0.15, 0.2) is 24.4 Å². The highest BCUT2D eigenvalue weighted by molar-refractivity contribution is 5.41. The molecule has 1 heterocycles. The van der Waals surface area contributed by atoms with Crippen LogP contribution in [0.2, 0.25) is 0 Å². The normalized spacial score (nSPS) is 12.2. The summed E-state index contributed by atoms with van der Waals surface area (Å²) in [6, 6.07) is 5.21. The van der Waals surface area contributed by atoms with Crippen LogP contribution < -0.4 is 9.47 Å².